The molecule has 0 bridgehead atoms. The molecule has 1 aromatic heterocycles. The van der Waals surface area contributed by atoms with Crippen LogP contribution in [-0.4, -0.2) is 21.5 Å². The number of ketones is 1. The Kier molecular flexibility index (Phi) is 2.63. The van der Waals surface area contributed by atoms with Gasteiger partial charge in [-0.15, -0.1) is 0 Å². The van der Waals surface area contributed by atoms with Gasteiger partial charge in [-0.1, -0.05) is 18.2 Å². The van der Waals surface area contributed by atoms with Gasteiger partial charge < -0.3 is 5.11 Å². The predicted octanol–water partition coefficient (Wildman–Crippen LogP) is 2.72. The second kappa shape index (κ2) is 4.18. The van der Waals surface area contributed by atoms with Gasteiger partial charge in [0.25, 0.3) is 0 Å². The Morgan fingerprint density at radius 2 is 2.00 bits per heavy atom. The van der Waals surface area contributed by atoms with Gasteiger partial charge in [0.05, 0.1) is 0 Å². The van der Waals surface area contributed by atoms with Gasteiger partial charge in [0.2, 0.25) is 0 Å². The highest BCUT2D eigenvalue weighted by Crippen LogP contribution is 2.34. The lowest BCUT2D eigenvalue weighted by molar-refractivity contribution is 0.0355. The number of Topliss-reactive ketones (excluding diaryl/α,β-unsaturated/α-hetero) is 1. The van der Waals surface area contributed by atoms with Gasteiger partial charge >= 0.3 is 0 Å². The fourth-order valence-electron chi connectivity index (χ4n) is 2.75. The number of benzene rings is 1. The molecule has 3 heteroatoms. The number of fused-ring (bicyclic) bond motifs is 1. The van der Waals surface area contributed by atoms with Gasteiger partial charge in [0.1, 0.15) is 5.60 Å². The maximum atomic E-state index is 12.5. The van der Waals surface area contributed by atoms with Gasteiger partial charge in [0, 0.05) is 23.3 Å². The number of hydrogen-bond donors (Lipinski definition) is 1. The van der Waals surface area contributed by atoms with Crippen LogP contribution in [0.25, 0.3) is 10.8 Å². The summed E-state index contributed by atoms with van der Waals surface area (Å²) in [4.78, 5) is 16.6. The minimum absolute atomic E-state index is 0.154. The third kappa shape index (κ3) is 1.71. The zero-order valence-electron chi connectivity index (χ0n) is 10.1. The number of nitrogens with zero attached hydrogens (tertiary/aromatic N) is 1. The van der Waals surface area contributed by atoms with Crippen LogP contribution >= 0.6 is 0 Å². The highest BCUT2D eigenvalue weighted by atomic mass is 16.3. The van der Waals surface area contributed by atoms with Crippen molar-refractivity contribution in [1.82, 2.24) is 4.98 Å². The number of aliphatic hydroxyl groups is 1. The number of pyridine rings is 1. The number of rotatable bonds is 2. The van der Waals surface area contributed by atoms with E-state index in [4.69, 9.17) is 0 Å². The number of carbonyl (C=O) groups excluding carboxylic acids is 1. The molecule has 0 spiro atoms. The van der Waals surface area contributed by atoms with Crippen LogP contribution in [0.1, 0.15) is 36.0 Å². The average Bonchev–Trinajstić information content (AvgIpc) is 2.85. The first-order chi connectivity index (χ1) is 8.71. The molecular formula is C15H15NO2. The summed E-state index contributed by atoms with van der Waals surface area (Å²) < 4.78 is 0. The Labute approximate surface area is 105 Å². The molecule has 1 N–H and O–H groups in total. The smallest absolute Gasteiger partial charge is 0.195 e. The van der Waals surface area contributed by atoms with E-state index in [1.54, 1.807) is 18.5 Å². The summed E-state index contributed by atoms with van der Waals surface area (Å²) in [6, 6.07) is 7.47. The number of carbonyl (C=O) groups is 1. The molecule has 3 nitrogen and oxygen atoms in total. The van der Waals surface area contributed by atoms with Gasteiger partial charge in [-0.25, -0.2) is 0 Å². The molecule has 18 heavy (non-hydrogen) atoms. The van der Waals surface area contributed by atoms with E-state index in [-0.39, 0.29) is 5.78 Å². The number of hydrogen-bond acceptors (Lipinski definition) is 3. The molecule has 0 atom stereocenters. The lowest BCUT2D eigenvalue weighted by Gasteiger charge is -2.21. The summed E-state index contributed by atoms with van der Waals surface area (Å²) in [5, 5.41) is 12.2. The quantitative estimate of drug-likeness (QED) is 0.822. The van der Waals surface area contributed by atoms with Gasteiger partial charge in [-0.3, -0.25) is 9.78 Å². The lowest BCUT2D eigenvalue weighted by atomic mass is 9.89. The third-order valence-corrected chi connectivity index (χ3v) is 3.78. The molecule has 0 saturated heterocycles. The van der Waals surface area contributed by atoms with Crippen molar-refractivity contribution >= 4 is 16.6 Å². The van der Waals surface area contributed by atoms with Gasteiger partial charge in [-0.05, 0) is 37.1 Å². The fraction of sp³-hybridized carbons (Fsp3) is 0.333. The van der Waals surface area contributed by atoms with E-state index >= 15 is 0 Å². The van der Waals surface area contributed by atoms with Crippen molar-refractivity contribution in [2.75, 3.05) is 0 Å². The van der Waals surface area contributed by atoms with Crippen molar-refractivity contribution in [2.45, 2.75) is 31.3 Å². The van der Waals surface area contributed by atoms with Crippen LogP contribution < -0.4 is 0 Å². The molecule has 1 saturated carbocycles. The third-order valence-electron chi connectivity index (χ3n) is 3.78. The van der Waals surface area contributed by atoms with Crippen molar-refractivity contribution < 1.29 is 9.90 Å². The standard InChI is InChI=1S/C15H15NO2/c17-14(15(18)7-1-2-8-15)12-5-3-4-11-6-9-16-10-13(11)12/h3-6,9-10,18H,1-2,7-8H2. The summed E-state index contributed by atoms with van der Waals surface area (Å²) >= 11 is 0. The highest BCUT2D eigenvalue weighted by Gasteiger charge is 2.39. The summed E-state index contributed by atoms with van der Waals surface area (Å²) in [5.41, 5.74) is -0.575. The Morgan fingerprint density at radius 3 is 2.78 bits per heavy atom. The minimum atomic E-state index is -1.16. The largest absolute Gasteiger partial charge is 0.382 e. The first kappa shape index (κ1) is 11.4. The van der Waals surface area contributed by atoms with E-state index in [9.17, 15) is 9.90 Å². The van der Waals surface area contributed by atoms with E-state index in [2.05, 4.69) is 4.98 Å². The van der Waals surface area contributed by atoms with Crippen LogP contribution in [0.4, 0.5) is 0 Å². The summed E-state index contributed by atoms with van der Waals surface area (Å²) in [5.74, 6) is -0.154. The predicted molar refractivity (Wildman–Crippen MR) is 69.5 cm³/mol. The Bertz CT molecular complexity index is 595. The summed E-state index contributed by atoms with van der Waals surface area (Å²) in [7, 11) is 0. The first-order valence-electron chi connectivity index (χ1n) is 6.31. The van der Waals surface area contributed by atoms with E-state index < -0.39 is 5.60 Å². The molecular weight excluding hydrogens is 226 g/mol. The molecule has 1 aliphatic carbocycles. The maximum Gasteiger partial charge on any atom is 0.195 e. The Morgan fingerprint density at radius 1 is 1.22 bits per heavy atom. The highest BCUT2D eigenvalue weighted by molar-refractivity contribution is 6.11. The monoisotopic (exact) mass is 241 g/mol. The number of aromatic nitrogens is 1. The average molecular weight is 241 g/mol. The molecule has 1 aliphatic rings. The molecule has 1 heterocycles. The van der Waals surface area contributed by atoms with E-state index in [1.807, 2.05) is 18.2 Å². The van der Waals surface area contributed by atoms with E-state index in [0.29, 0.717) is 18.4 Å². The molecule has 0 unspecified atom stereocenters. The summed E-state index contributed by atoms with van der Waals surface area (Å²) in [6.07, 6.45) is 6.39. The SMILES string of the molecule is O=C(c1cccc2ccncc12)C1(O)CCCC1. The molecule has 1 fully saturated rings. The van der Waals surface area contributed by atoms with Crippen molar-refractivity contribution in [3.05, 3.63) is 42.2 Å². The second-order valence-electron chi connectivity index (χ2n) is 4.97. The van der Waals surface area contributed by atoms with Crippen molar-refractivity contribution in [2.24, 2.45) is 0 Å². The van der Waals surface area contributed by atoms with Crippen LogP contribution in [0.5, 0.6) is 0 Å². The van der Waals surface area contributed by atoms with Crippen LogP contribution in [0, 0.1) is 0 Å². The molecule has 0 radical (unpaired) electrons. The Balaban J connectivity index is 2.12. The normalized spacial score (nSPS) is 18.1. The van der Waals surface area contributed by atoms with Crippen LogP contribution in [-0.2, 0) is 0 Å². The van der Waals surface area contributed by atoms with E-state index in [0.717, 1.165) is 23.6 Å². The summed E-state index contributed by atoms with van der Waals surface area (Å²) in [6.45, 7) is 0. The molecule has 0 amide bonds. The van der Waals surface area contributed by atoms with Crippen LogP contribution in [0.2, 0.25) is 0 Å². The van der Waals surface area contributed by atoms with E-state index in [1.165, 1.54) is 0 Å². The first-order valence-corrected chi connectivity index (χ1v) is 6.31. The van der Waals surface area contributed by atoms with Gasteiger partial charge in [-0.2, -0.15) is 0 Å². The lowest BCUT2D eigenvalue weighted by Crippen LogP contribution is -2.35. The molecule has 0 aliphatic heterocycles. The Hall–Kier alpha value is -1.74. The van der Waals surface area contributed by atoms with Crippen molar-refractivity contribution in [3.8, 4) is 0 Å². The zero-order chi connectivity index (χ0) is 12.6. The second-order valence-corrected chi connectivity index (χ2v) is 4.97. The molecule has 3 rings (SSSR count). The topological polar surface area (TPSA) is 50.2 Å². The van der Waals surface area contributed by atoms with Crippen LogP contribution in [0.15, 0.2) is 36.7 Å². The van der Waals surface area contributed by atoms with Crippen LogP contribution in [0.3, 0.4) is 0 Å². The molecule has 92 valence electrons. The van der Waals surface area contributed by atoms with Gasteiger partial charge in [0.15, 0.2) is 5.78 Å². The fourth-order valence-corrected chi connectivity index (χ4v) is 2.75. The molecule has 2 aromatic rings. The van der Waals surface area contributed by atoms with Crippen molar-refractivity contribution in [1.29, 1.82) is 0 Å². The maximum absolute atomic E-state index is 12.5. The van der Waals surface area contributed by atoms with Crippen molar-refractivity contribution in [3.63, 3.8) is 0 Å². The molecule has 1 aromatic carbocycles. The minimum Gasteiger partial charge on any atom is -0.382 e. The zero-order valence-corrected chi connectivity index (χ0v) is 10.1.